The zero-order valence-electron chi connectivity index (χ0n) is 12.6. The van der Waals surface area contributed by atoms with Crippen molar-refractivity contribution in [2.75, 3.05) is 5.73 Å². The third kappa shape index (κ3) is 3.26. The van der Waals surface area contributed by atoms with Crippen molar-refractivity contribution in [2.45, 2.75) is 65.2 Å². The molecular weight excluding hydrogens is 250 g/mol. The topological polar surface area (TPSA) is 69.1 Å². The number of nitrogens with two attached hydrogens (primary N) is 1. The normalized spacial score (nSPS) is 11.3. The first-order chi connectivity index (χ1) is 9.77. The fourth-order valence-corrected chi connectivity index (χ4v) is 2.57. The molecule has 0 aliphatic carbocycles. The Bertz CT molecular complexity index is 546. The predicted molar refractivity (Wildman–Crippen MR) is 81.7 cm³/mol. The predicted octanol–water partition coefficient (Wildman–Crippen LogP) is 3.17. The lowest BCUT2D eigenvalue weighted by Gasteiger charge is -2.12. The van der Waals surface area contributed by atoms with Gasteiger partial charge in [-0.05, 0) is 19.3 Å². The van der Waals surface area contributed by atoms with Gasteiger partial charge >= 0.3 is 0 Å². The van der Waals surface area contributed by atoms with Gasteiger partial charge in [0.05, 0.1) is 5.69 Å². The first kappa shape index (κ1) is 14.8. The summed E-state index contributed by atoms with van der Waals surface area (Å²) in [6.45, 7) is 4.40. The lowest BCUT2D eigenvalue weighted by molar-refractivity contribution is 0.628. The van der Waals surface area contributed by atoms with Gasteiger partial charge in [-0.2, -0.15) is 14.6 Å². The standard InChI is InChI=1S/C15H25N5/c1-3-5-6-7-8-10-12-13(9-4-2)19-15-17-11-18-20(15)14(12)16/h11H,3-10,16H2,1-2H3. The number of fused-ring (bicyclic) bond motifs is 1. The molecule has 20 heavy (non-hydrogen) atoms. The molecule has 2 heterocycles. The van der Waals surface area contributed by atoms with Crippen LogP contribution < -0.4 is 5.73 Å². The van der Waals surface area contributed by atoms with E-state index in [4.69, 9.17) is 5.73 Å². The average Bonchev–Trinajstić information content (AvgIpc) is 2.90. The molecule has 0 saturated heterocycles. The van der Waals surface area contributed by atoms with Gasteiger partial charge < -0.3 is 5.73 Å². The SMILES string of the molecule is CCCCCCCc1c(CCC)nc2ncnn2c1N. The van der Waals surface area contributed by atoms with Gasteiger partial charge in [-0.25, -0.2) is 4.98 Å². The molecule has 0 radical (unpaired) electrons. The van der Waals surface area contributed by atoms with Gasteiger partial charge in [0.25, 0.3) is 5.78 Å². The van der Waals surface area contributed by atoms with Gasteiger partial charge in [-0.15, -0.1) is 0 Å². The Morgan fingerprint density at radius 2 is 1.85 bits per heavy atom. The molecule has 110 valence electrons. The number of nitrogens with zero attached hydrogens (tertiary/aromatic N) is 4. The molecule has 2 aromatic rings. The first-order valence-electron chi connectivity index (χ1n) is 7.74. The molecule has 0 atom stereocenters. The molecule has 0 fully saturated rings. The van der Waals surface area contributed by atoms with Crippen molar-refractivity contribution in [3.63, 3.8) is 0 Å². The Morgan fingerprint density at radius 1 is 1.05 bits per heavy atom. The molecule has 0 aromatic carbocycles. The fraction of sp³-hybridized carbons (Fsp3) is 0.667. The second-order valence-corrected chi connectivity index (χ2v) is 5.31. The molecule has 0 amide bonds. The average molecular weight is 275 g/mol. The summed E-state index contributed by atoms with van der Waals surface area (Å²) in [6.07, 6.45) is 10.9. The van der Waals surface area contributed by atoms with Crippen molar-refractivity contribution in [3.05, 3.63) is 17.6 Å². The van der Waals surface area contributed by atoms with Crippen molar-refractivity contribution in [2.24, 2.45) is 0 Å². The summed E-state index contributed by atoms with van der Waals surface area (Å²) in [5.41, 5.74) is 8.52. The quantitative estimate of drug-likeness (QED) is 0.751. The smallest absolute Gasteiger partial charge is 0.254 e. The number of rotatable bonds is 8. The second-order valence-electron chi connectivity index (χ2n) is 5.31. The number of aryl methyl sites for hydroxylation is 1. The summed E-state index contributed by atoms with van der Waals surface area (Å²) >= 11 is 0. The van der Waals surface area contributed by atoms with Crippen LogP contribution in [0.5, 0.6) is 0 Å². The Kier molecular flexibility index (Phi) is 5.32. The summed E-state index contributed by atoms with van der Waals surface area (Å²) in [5, 5.41) is 4.16. The van der Waals surface area contributed by atoms with Gasteiger partial charge in [0.2, 0.25) is 0 Å². The molecule has 2 rings (SSSR count). The van der Waals surface area contributed by atoms with E-state index >= 15 is 0 Å². The first-order valence-corrected chi connectivity index (χ1v) is 7.74. The zero-order valence-corrected chi connectivity index (χ0v) is 12.6. The van der Waals surface area contributed by atoms with Crippen molar-refractivity contribution < 1.29 is 0 Å². The van der Waals surface area contributed by atoms with Crippen LogP contribution in [0.4, 0.5) is 5.82 Å². The number of anilines is 1. The summed E-state index contributed by atoms with van der Waals surface area (Å²) in [7, 11) is 0. The third-order valence-corrected chi connectivity index (χ3v) is 3.67. The number of unbranched alkanes of at least 4 members (excludes halogenated alkanes) is 4. The zero-order chi connectivity index (χ0) is 14.4. The molecule has 2 N–H and O–H groups in total. The van der Waals surface area contributed by atoms with Crippen molar-refractivity contribution in [1.82, 2.24) is 19.6 Å². The van der Waals surface area contributed by atoms with E-state index in [-0.39, 0.29) is 0 Å². The van der Waals surface area contributed by atoms with Gasteiger partial charge in [0, 0.05) is 5.56 Å². The van der Waals surface area contributed by atoms with Crippen LogP contribution >= 0.6 is 0 Å². The van der Waals surface area contributed by atoms with E-state index in [0.717, 1.165) is 25.0 Å². The minimum atomic E-state index is 0.612. The maximum absolute atomic E-state index is 6.26. The highest BCUT2D eigenvalue weighted by Gasteiger charge is 2.13. The van der Waals surface area contributed by atoms with E-state index < -0.39 is 0 Å². The minimum Gasteiger partial charge on any atom is -0.383 e. The van der Waals surface area contributed by atoms with Crippen LogP contribution in [0, 0.1) is 0 Å². The van der Waals surface area contributed by atoms with Crippen LogP contribution in [0.1, 0.15) is 63.6 Å². The molecule has 2 aromatic heterocycles. The Labute approximate surface area is 120 Å². The molecule has 0 unspecified atom stereocenters. The fourth-order valence-electron chi connectivity index (χ4n) is 2.57. The van der Waals surface area contributed by atoms with E-state index in [1.165, 1.54) is 44.0 Å². The number of nitrogen functional groups attached to an aromatic ring is 1. The van der Waals surface area contributed by atoms with Crippen LogP contribution in [-0.2, 0) is 12.8 Å². The largest absolute Gasteiger partial charge is 0.383 e. The number of hydrogen-bond acceptors (Lipinski definition) is 4. The maximum Gasteiger partial charge on any atom is 0.254 e. The lowest BCUT2D eigenvalue weighted by atomic mass is 10.0. The maximum atomic E-state index is 6.26. The van der Waals surface area contributed by atoms with Gasteiger partial charge in [0.15, 0.2) is 0 Å². The van der Waals surface area contributed by atoms with E-state index in [1.807, 2.05) is 0 Å². The van der Waals surface area contributed by atoms with Crippen LogP contribution in [-0.4, -0.2) is 19.6 Å². The highest BCUT2D eigenvalue weighted by molar-refractivity contribution is 5.49. The molecule has 0 aliphatic rings. The molecular formula is C15H25N5. The van der Waals surface area contributed by atoms with Crippen LogP contribution in [0.25, 0.3) is 5.78 Å². The van der Waals surface area contributed by atoms with Gasteiger partial charge in [0.1, 0.15) is 12.1 Å². The molecule has 5 nitrogen and oxygen atoms in total. The van der Waals surface area contributed by atoms with Crippen LogP contribution in [0.3, 0.4) is 0 Å². The lowest BCUT2D eigenvalue weighted by Crippen LogP contribution is -2.10. The molecule has 0 bridgehead atoms. The number of aromatic nitrogens is 4. The number of hydrogen-bond donors (Lipinski definition) is 1. The van der Waals surface area contributed by atoms with Crippen molar-refractivity contribution in [1.29, 1.82) is 0 Å². The van der Waals surface area contributed by atoms with E-state index in [2.05, 4.69) is 28.9 Å². The highest BCUT2D eigenvalue weighted by Crippen LogP contribution is 2.21. The van der Waals surface area contributed by atoms with Crippen LogP contribution in [0.15, 0.2) is 6.33 Å². The molecule has 0 saturated carbocycles. The van der Waals surface area contributed by atoms with E-state index in [1.54, 1.807) is 4.52 Å². The summed E-state index contributed by atoms with van der Waals surface area (Å²) in [5.74, 6) is 1.33. The summed E-state index contributed by atoms with van der Waals surface area (Å²) in [4.78, 5) is 8.76. The van der Waals surface area contributed by atoms with Crippen molar-refractivity contribution in [3.8, 4) is 0 Å². The molecule has 5 heteroatoms. The van der Waals surface area contributed by atoms with Crippen molar-refractivity contribution >= 4 is 11.6 Å². The van der Waals surface area contributed by atoms with E-state index in [9.17, 15) is 0 Å². The molecule has 0 spiro atoms. The summed E-state index contributed by atoms with van der Waals surface area (Å²) < 4.78 is 1.65. The second kappa shape index (κ2) is 7.22. The Morgan fingerprint density at radius 3 is 2.60 bits per heavy atom. The Balaban J connectivity index is 2.15. The van der Waals surface area contributed by atoms with Gasteiger partial charge in [-0.3, -0.25) is 0 Å². The van der Waals surface area contributed by atoms with Gasteiger partial charge in [-0.1, -0.05) is 46.0 Å². The van der Waals surface area contributed by atoms with E-state index in [0.29, 0.717) is 11.6 Å². The monoisotopic (exact) mass is 275 g/mol. The summed E-state index contributed by atoms with van der Waals surface area (Å²) in [6, 6.07) is 0. The minimum absolute atomic E-state index is 0.612. The third-order valence-electron chi connectivity index (χ3n) is 3.67. The molecule has 0 aliphatic heterocycles. The highest BCUT2D eigenvalue weighted by atomic mass is 15.3. The van der Waals surface area contributed by atoms with Crippen LogP contribution in [0.2, 0.25) is 0 Å². The Hall–Kier alpha value is -1.65.